The minimum absolute atomic E-state index is 0.148. The molecule has 0 saturated carbocycles. The van der Waals surface area contributed by atoms with Crippen molar-refractivity contribution in [2.75, 3.05) is 13.1 Å². The van der Waals surface area contributed by atoms with Crippen LogP contribution in [0.1, 0.15) is 32.4 Å². The Morgan fingerprint density at radius 2 is 2.07 bits per heavy atom. The van der Waals surface area contributed by atoms with Crippen LogP contribution in [0.5, 0.6) is 0 Å². The van der Waals surface area contributed by atoms with E-state index in [9.17, 15) is 19.2 Å². The van der Waals surface area contributed by atoms with Gasteiger partial charge in [-0.15, -0.1) is 0 Å². The molecule has 1 unspecified atom stereocenters. The Bertz CT molecular complexity index is 762. The number of aromatic amines is 1. The predicted molar refractivity (Wildman–Crippen MR) is 98.5 cm³/mol. The number of carbonyl (C=O) groups excluding carboxylic acids is 4. The van der Waals surface area contributed by atoms with Crippen molar-refractivity contribution in [3.05, 3.63) is 18.2 Å². The van der Waals surface area contributed by atoms with Crippen molar-refractivity contribution in [3.63, 3.8) is 0 Å². The second-order valence-electron chi connectivity index (χ2n) is 7.61. The van der Waals surface area contributed by atoms with Crippen LogP contribution < -0.4 is 11.1 Å². The van der Waals surface area contributed by atoms with Gasteiger partial charge in [0.25, 0.3) is 0 Å². The van der Waals surface area contributed by atoms with Crippen LogP contribution in [0.4, 0.5) is 0 Å². The lowest BCUT2D eigenvalue weighted by Gasteiger charge is -2.44. The summed E-state index contributed by atoms with van der Waals surface area (Å²) in [5.41, 5.74) is 6.25. The molecule has 0 bridgehead atoms. The smallest absolute Gasteiger partial charge is 0.246 e. The van der Waals surface area contributed by atoms with E-state index < -0.39 is 24.0 Å². The summed E-state index contributed by atoms with van der Waals surface area (Å²) in [7, 11) is 0. The summed E-state index contributed by atoms with van der Waals surface area (Å²) in [5.74, 6) is -1.47. The Morgan fingerprint density at radius 1 is 1.32 bits per heavy atom. The van der Waals surface area contributed by atoms with Crippen LogP contribution >= 0.6 is 0 Å². The van der Waals surface area contributed by atoms with Gasteiger partial charge in [0.15, 0.2) is 0 Å². The summed E-state index contributed by atoms with van der Waals surface area (Å²) >= 11 is 0. The number of hydrogen-bond acceptors (Lipinski definition) is 5. The summed E-state index contributed by atoms with van der Waals surface area (Å²) in [6, 6.07) is -2.15. The second-order valence-corrected chi connectivity index (χ2v) is 7.61. The zero-order valence-corrected chi connectivity index (χ0v) is 16.1. The minimum atomic E-state index is -0.792. The topological polar surface area (TPSA) is 141 Å². The summed E-state index contributed by atoms with van der Waals surface area (Å²) in [6.07, 6.45) is 4.06. The number of carbonyl (C=O) groups is 4. The summed E-state index contributed by atoms with van der Waals surface area (Å²) in [4.78, 5) is 59.7. The monoisotopic (exact) mass is 390 g/mol. The SMILES string of the molecule is CC(C)[C@@H](C(N)=O)N1CCN(C(=O)C2CCC(=O)N2)[C@@H](Cc2cnc[nH]2)C1=O. The molecule has 1 aromatic heterocycles. The van der Waals surface area contributed by atoms with Gasteiger partial charge in [-0.2, -0.15) is 0 Å². The molecule has 3 rings (SSSR count). The Balaban J connectivity index is 1.86. The first-order valence-electron chi connectivity index (χ1n) is 9.46. The molecule has 2 aliphatic rings. The number of nitrogens with one attached hydrogen (secondary N) is 2. The van der Waals surface area contributed by atoms with Gasteiger partial charge in [0, 0.05) is 37.8 Å². The molecule has 4 amide bonds. The highest BCUT2D eigenvalue weighted by molar-refractivity contribution is 5.96. The molecule has 2 saturated heterocycles. The first-order chi connectivity index (χ1) is 13.3. The van der Waals surface area contributed by atoms with E-state index in [0.717, 1.165) is 0 Å². The standard InChI is InChI=1S/C18H26N6O4/c1-10(2)15(16(19)26)24-6-5-23(17(27)12-3-4-14(25)22-12)13(18(24)28)7-11-8-20-9-21-11/h8-10,12-13,15H,3-7H2,1-2H3,(H2,19,26)(H,20,21)(H,22,25)/t12?,13-,15-/m0/s1. The molecule has 2 fully saturated rings. The lowest BCUT2D eigenvalue weighted by Crippen LogP contribution is -2.66. The van der Waals surface area contributed by atoms with Gasteiger partial charge in [0.2, 0.25) is 23.6 Å². The van der Waals surface area contributed by atoms with E-state index in [0.29, 0.717) is 18.5 Å². The number of nitrogens with two attached hydrogens (primary N) is 1. The Labute approximate surface area is 162 Å². The fraction of sp³-hybridized carbons (Fsp3) is 0.611. The zero-order valence-electron chi connectivity index (χ0n) is 16.1. The highest BCUT2D eigenvalue weighted by atomic mass is 16.2. The molecular weight excluding hydrogens is 364 g/mol. The Hall–Kier alpha value is -2.91. The summed E-state index contributed by atoms with van der Waals surface area (Å²) in [5, 5.41) is 2.67. The third-order valence-electron chi connectivity index (χ3n) is 5.33. The maximum atomic E-state index is 13.3. The van der Waals surface area contributed by atoms with Crippen molar-refractivity contribution in [3.8, 4) is 0 Å². The second kappa shape index (κ2) is 7.99. The van der Waals surface area contributed by atoms with E-state index in [4.69, 9.17) is 5.73 Å². The van der Waals surface area contributed by atoms with Gasteiger partial charge in [0.05, 0.1) is 6.33 Å². The van der Waals surface area contributed by atoms with Gasteiger partial charge in [0.1, 0.15) is 18.1 Å². The van der Waals surface area contributed by atoms with E-state index in [2.05, 4.69) is 15.3 Å². The lowest BCUT2D eigenvalue weighted by atomic mass is 9.97. The van der Waals surface area contributed by atoms with E-state index in [-0.39, 0.29) is 43.1 Å². The number of imidazole rings is 1. The van der Waals surface area contributed by atoms with Crippen molar-refractivity contribution in [2.45, 2.75) is 51.2 Å². The number of hydrogen-bond donors (Lipinski definition) is 3. The molecule has 2 aliphatic heterocycles. The zero-order chi connectivity index (χ0) is 20.4. The first kappa shape index (κ1) is 19.8. The molecule has 4 N–H and O–H groups in total. The number of rotatable bonds is 6. The van der Waals surface area contributed by atoms with Crippen molar-refractivity contribution in [2.24, 2.45) is 11.7 Å². The number of primary amides is 1. The molecule has 0 aliphatic carbocycles. The number of amides is 4. The van der Waals surface area contributed by atoms with E-state index in [1.807, 2.05) is 13.8 Å². The maximum absolute atomic E-state index is 13.3. The average molecular weight is 390 g/mol. The van der Waals surface area contributed by atoms with Crippen molar-refractivity contribution in [1.29, 1.82) is 0 Å². The molecule has 10 heteroatoms. The quantitative estimate of drug-likeness (QED) is 0.558. The van der Waals surface area contributed by atoms with Crippen LogP contribution in [-0.2, 0) is 25.6 Å². The first-order valence-corrected chi connectivity index (χ1v) is 9.46. The molecular formula is C18H26N6O4. The minimum Gasteiger partial charge on any atom is -0.368 e. The molecule has 0 spiro atoms. The average Bonchev–Trinajstić information content (AvgIpc) is 3.29. The molecule has 10 nitrogen and oxygen atoms in total. The third-order valence-corrected chi connectivity index (χ3v) is 5.33. The highest BCUT2D eigenvalue weighted by Crippen LogP contribution is 2.23. The van der Waals surface area contributed by atoms with Gasteiger partial charge >= 0.3 is 0 Å². The van der Waals surface area contributed by atoms with Crippen LogP contribution in [0.2, 0.25) is 0 Å². The molecule has 0 aromatic carbocycles. The number of aromatic nitrogens is 2. The van der Waals surface area contributed by atoms with Crippen LogP contribution in [0, 0.1) is 5.92 Å². The molecule has 3 atom stereocenters. The molecule has 3 heterocycles. The van der Waals surface area contributed by atoms with Gasteiger partial charge in [-0.05, 0) is 12.3 Å². The summed E-state index contributed by atoms with van der Waals surface area (Å²) < 4.78 is 0. The largest absolute Gasteiger partial charge is 0.368 e. The molecule has 0 radical (unpaired) electrons. The van der Waals surface area contributed by atoms with Crippen molar-refractivity contribution in [1.82, 2.24) is 25.1 Å². The van der Waals surface area contributed by atoms with E-state index in [1.54, 1.807) is 6.20 Å². The van der Waals surface area contributed by atoms with Crippen molar-refractivity contribution < 1.29 is 19.2 Å². The van der Waals surface area contributed by atoms with Crippen LogP contribution in [-0.4, -0.2) is 74.6 Å². The maximum Gasteiger partial charge on any atom is 0.246 e. The molecule has 152 valence electrons. The molecule has 1 aromatic rings. The normalized spacial score (nSPS) is 23.8. The Morgan fingerprint density at radius 3 is 2.61 bits per heavy atom. The van der Waals surface area contributed by atoms with Crippen LogP contribution in [0.15, 0.2) is 12.5 Å². The molecule has 28 heavy (non-hydrogen) atoms. The van der Waals surface area contributed by atoms with Gasteiger partial charge in [-0.25, -0.2) is 4.98 Å². The van der Waals surface area contributed by atoms with Crippen LogP contribution in [0.3, 0.4) is 0 Å². The van der Waals surface area contributed by atoms with Gasteiger partial charge in [-0.1, -0.05) is 13.8 Å². The van der Waals surface area contributed by atoms with Gasteiger partial charge in [-0.3, -0.25) is 19.2 Å². The third kappa shape index (κ3) is 3.85. The summed E-state index contributed by atoms with van der Waals surface area (Å²) in [6.45, 7) is 4.15. The fourth-order valence-electron chi connectivity index (χ4n) is 3.99. The van der Waals surface area contributed by atoms with Gasteiger partial charge < -0.3 is 25.8 Å². The lowest BCUT2D eigenvalue weighted by molar-refractivity contribution is -0.157. The Kier molecular flexibility index (Phi) is 5.66. The van der Waals surface area contributed by atoms with E-state index >= 15 is 0 Å². The fourth-order valence-corrected chi connectivity index (χ4v) is 3.99. The van der Waals surface area contributed by atoms with E-state index in [1.165, 1.54) is 16.1 Å². The number of piperazine rings is 1. The predicted octanol–water partition coefficient (Wildman–Crippen LogP) is -1.22. The number of H-pyrrole nitrogens is 1. The van der Waals surface area contributed by atoms with Crippen molar-refractivity contribution >= 4 is 23.6 Å². The number of nitrogens with zero attached hydrogens (tertiary/aromatic N) is 3. The van der Waals surface area contributed by atoms with Crippen LogP contribution in [0.25, 0.3) is 0 Å². The highest BCUT2D eigenvalue weighted by Gasteiger charge is 2.44.